The summed E-state index contributed by atoms with van der Waals surface area (Å²) in [5, 5.41) is 5.68. The highest BCUT2D eigenvalue weighted by molar-refractivity contribution is 5.99. The zero-order valence-electron chi connectivity index (χ0n) is 17.9. The molecule has 1 aliphatic heterocycles. The summed E-state index contributed by atoms with van der Waals surface area (Å²) in [4.78, 5) is 35.8. The van der Waals surface area contributed by atoms with E-state index in [2.05, 4.69) is 10.6 Å². The van der Waals surface area contributed by atoms with E-state index >= 15 is 0 Å². The number of amides is 2. The number of hydrogen-bond acceptors (Lipinski definition) is 6. The molecule has 8 nitrogen and oxygen atoms in total. The van der Waals surface area contributed by atoms with Crippen molar-refractivity contribution in [1.82, 2.24) is 5.32 Å². The van der Waals surface area contributed by atoms with Crippen LogP contribution in [0.25, 0.3) is 0 Å². The third-order valence-corrected chi connectivity index (χ3v) is 4.72. The smallest absolute Gasteiger partial charge is 0.434 e. The van der Waals surface area contributed by atoms with Crippen LogP contribution in [-0.2, 0) is 20.8 Å². The van der Waals surface area contributed by atoms with Crippen molar-refractivity contribution in [2.24, 2.45) is 0 Å². The lowest BCUT2D eigenvalue weighted by Gasteiger charge is -2.14. The van der Waals surface area contributed by atoms with E-state index in [1.807, 2.05) is 12.1 Å². The third-order valence-electron chi connectivity index (χ3n) is 4.72. The second-order valence-electron chi connectivity index (χ2n) is 7.09. The minimum absolute atomic E-state index is 0.154. The minimum atomic E-state index is -0.787. The zero-order chi connectivity index (χ0) is 22.8. The van der Waals surface area contributed by atoms with E-state index in [1.54, 1.807) is 37.3 Å². The van der Waals surface area contributed by atoms with Gasteiger partial charge in [0.05, 0.1) is 19.8 Å². The maximum Gasteiger partial charge on any atom is 0.513 e. The first kappa shape index (κ1) is 23.0. The van der Waals surface area contributed by atoms with E-state index in [0.717, 1.165) is 24.0 Å². The van der Waals surface area contributed by atoms with Crippen molar-refractivity contribution >= 4 is 23.7 Å². The van der Waals surface area contributed by atoms with E-state index in [1.165, 1.54) is 12.1 Å². The highest BCUT2D eigenvalue weighted by Crippen LogP contribution is 2.15. The molecular weight excluding hydrogens is 412 g/mol. The van der Waals surface area contributed by atoms with Gasteiger partial charge in [0, 0.05) is 23.9 Å². The molecule has 0 bridgehead atoms. The standard InChI is InChI=1S/C24H26N2O6/c1-2-31-24(29)32-21-9-5-19(6-10-21)23(28)25-16-18-3-7-20(8-4-18)26-22(27)15-17-11-13-30-14-12-17/h3-10,15H,2,11-14,16H2,1H3,(H,25,28)(H,26,27). The predicted octanol–water partition coefficient (Wildman–Crippen LogP) is 3.83. The molecule has 0 aromatic heterocycles. The highest BCUT2D eigenvalue weighted by Gasteiger charge is 2.10. The van der Waals surface area contributed by atoms with Crippen LogP contribution in [0.3, 0.4) is 0 Å². The Morgan fingerprint density at radius 3 is 2.34 bits per heavy atom. The van der Waals surface area contributed by atoms with Gasteiger partial charge in [-0.05, 0) is 61.7 Å². The lowest BCUT2D eigenvalue weighted by Crippen LogP contribution is -2.22. The molecule has 32 heavy (non-hydrogen) atoms. The molecule has 1 fully saturated rings. The summed E-state index contributed by atoms with van der Waals surface area (Å²) < 4.78 is 15.0. The molecule has 0 radical (unpaired) electrons. The van der Waals surface area contributed by atoms with Gasteiger partial charge < -0.3 is 24.8 Å². The van der Waals surface area contributed by atoms with Crippen molar-refractivity contribution < 1.29 is 28.6 Å². The topological polar surface area (TPSA) is 103 Å². The Kier molecular flexibility index (Phi) is 8.39. The molecule has 1 saturated heterocycles. The largest absolute Gasteiger partial charge is 0.513 e. The van der Waals surface area contributed by atoms with Gasteiger partial charge in [-0.15, -0.1) is 0 Å². The number of carbonyl (C=O) groups is 3. The minimum Gasteiger partial charge on any atom is -0.434 e. The molecule has 8 heteroatoms. The fraction of sp³-hybridized carbons (Fsp3) is 0.292. The van der Waals surface area contributed by atoms with E-state index in [-0.39, 0.29) is 18.4 Å². The van der Waals surface area contributed by atoms with Crippen LogP contribution in [0.4, 0.5) is 10.5 Å². The number of benzene rings is 2. The van der Waals surface area contributed by atoms with Gasteiger partial charge in [-0.3, -0.25) is 9.59 Å². The molecule has 1 heterocycles. The second-order valence-corrected chi connectivity index (χ2v) is 7.09. The van der Waals surface area contributed by atoms with Crippen LogP contribution in [0.2, 0.25) is 0 Å². The molecule has 0 unspecified atom stereocenters. The Morgan fingerprint density at radius 1 is 1.00 bits per heavy atom. The van der Waals surface area contributed by atoms with Gasteiger partial charge in [-0.25, -0.2) is 4.79 Å². The molecular formula is C24H26N2O6. The van der Waals surface area contributed by atoms with Crippen molar-refractivity contribution in [3.05, 3.63) is 71.3 Å². The summed E-state index contributed by atoms with van der Waals surface area (Å²) in [6.07, 6.45) is 2.42. The first-order valence-corrected chi connectivity index (χ1v) is 10.4. The maximum absolute atomic E-state index is 12.3. The molecule has 0 saturated carbocycles. The second kappa shape index (κ2) is 11.7. The SMILES string of the molecule is CCOC(=O)Oc1ccc(C(=O)NCc2ccc(NC(=O)C=C3CCOCC3)cc2)cc1. The molecule has 0 aliphatic carbocycles. The van der Waals surface area contributed by atoms with Crippen LogP contribution in [0.5, 0.6) is 5.75 Å². The first-order chi connectivity index (χ1) is 15.5. The van der Waals surface area contributed by atoms with Gasteiger partial charge in [0.2, 0.25) is 5.91 Å². The van der Waals surface area contributed by atoms with Gasteiger partial charge in [0.25, 0.3) is 5.91 Å². The van der Waals surface area contributed by atoms with Crippen molar-refractivity contribution in [3.8, 4) is 5.75 Å². The molecule has 3 rings (SSSR count). The monoisotopic (exact) mass is 438 g/mol. The number of rotatable bonds is 7. The number of hydrogen-bond donors (Lipinski definition) is 2. The Balaban J connectivity index is 1.46. The summed E-state index contributed by atoms with van der Waals surface area (Å²) in [7, 11) is 0. The van der Waals surface area contributed by atoms with Gasteiger partial charge in [0.15, 0.2) is 0 Å². The summed E-state index contributed by atoms with van der Waals surface area (Å²) in [6, 6.07) is 13.5. The fourth-order valence-electron chi connectivity index (χ4n) is 3.05. The average Bonchev–Trinajstić information content (AvgIpc) is 2.79. The normalized spacial score (nSPS) is 13.1. The molecule has 1 aliphatic rings. The van der Waals surface area contributed by atoms with Crippen LogP contribution >= 0.6 is 0 Å². The van der Waals surface area contributed by atoms with Crippen molar-refractivity contribution in [2.75, 3.05) is 25.1 Å². The van der Waals surface area contributed by atoms with Crippen LogP contribution in [-0.4, -0.2) is 37.8 Å². The molecule has 168 valence electrons. The Morgan fingerprint density at radius 2 is 1.69 bits per heavy atom. The lowest BCUT2D eigenvalue weighted by atomic mass is 10.1. The summed E-state index contributed by atoms with van der Waals surface area (Å²) in [5.74, 6) is -0.114. The first-order valence-electron chi connectivity index (χ1n) is 10.4. The fourth-order valence-corrected chi connectivity index (χ4v) is 3.05. The maximum atomic E-state index is 12.3. The van der Waals surface area contributed by atoms with Crippen molar-refractivity contribution in [1.29, 1.82) is 0 Å². The number of anilines is 1. The number of ether oxygens (including phenoxy) is 3. The third kappa shape index (κ3) is 7.24. The molecule has 2 aromatic carbocycles. The quantitative estimate of drug-likeness (QED) is 0.387. The van der Waals surface area contributed by atoms with Gasteiger partial charge >= 0.3 is 6.16 Å². The number of carbonyl (C=O) groups excluding carboxylic acids is 3. The van der Waals surface area contributed by atoms with Gasteiger partial charge in [-0.2, -0.15) is 0 Å². The van der Waals surface area contributed by atoms with Crippen LogP contribution in [0.15, 0.2) is 60.2 Å². The Hall–Kier alpha value is -3.65. The Bertz CT molecular complexity index is 959. The highest BCUT2D eigenvalue weighted by atomic mass is 16.7. The van der Waals surface area contributed by atoms with E-state index in [9.17, 15) is 14.4 Å². The van der Waals surface area contributed by atoms with Gasteiger partial charge in [-0.1, -0.05) is 17.7 Å². The average molecular weight is 438 g/mol. The van der Waals surface area contributed by atoms with E-state index in [0.29, 0.717) is 36.8 Å². The van der Waals surface area contributed by atoms with E-state index < -0.39 is 6.16 Å². The summed E-state index contributed by atoms with van der Waals surface area (Å²) in [5.41, 5.74) is 3.10. The summed E-state index contributed by atoms with van der Waals surface area (Å²) in [6.45, 7) is 3.55. The Labute approximate surface area is 186 Å². The van der Waals surface area contributed by atoms with Crippen molar-refractivity contribution in [3.63, 3.8) is 0 Å². The zero-order valence-corrected chi connectivity index (χ0v) is 17.9. The molecule has 2 aromatic rings. The molecule has 0 atom stereocenters. The molecule has 0 spiro atoms. The van der Waals surface area contributed by atoms with Crippen LogP contribution in [0.1, 0.15) is 35.7 Å². The molecule has 2 N–H and O–H groups in total. The molecule has 2 amide bonds. The summed E-state index contributed by atoms with van der Waals surface area (Å²) >= 11 is 0. The van der Waals surface area contributed by atoms with Crippen LogP contribution in [0, 0.1) is 0 Å². The van der Waals surface area contributed by atoms with Crippen molar-refractivity contribution in [2.45, 2.75) is 26.3 Å². The van der Waals surface area contributed by atoms with Gasteiger partial charge in [0.1, 0.15) is 5.75 Å². The lowest BCUT2D eigenvalue weighted by molar-refractivity contribution is -0.112. The predicted molar refractivity (Wildman–Crippen MR) is 118 cm³/mol. The van der Waals surface area contributed by atoms with E-state index in [4.69, 9.17) is 14.2 Å². The van der Waals surface area contributed by atoms with Crippen LogP contribution < -0.4 is 15.4 Å². The number of nitrogens with one attached hydrogen (secondary N) is 2.